The van der Waals surface area contributed by atoms with Crippen LogP contribution in [0, 0.1) is 6.08 Å². The second kappa shape index (κ2) is 7.37. The maximum absolute atomic E-state index is 11.9. The van der Waals surface area contributed by atoms with E-state index in [4.69, 9.17) is 0 Å². The average Bonchev–Trinajstić information content (AvgIpc) is 2.41. The summed E-state index contributed by atoms with van der Waals surface area (Å²) in [7, 11) is 2.64. The molecule has 2 rings (SSSR count). The summed E-state index contributed by atoms with van der Waals surface area (Å²) < 4.78 is 1.80. The van der Waals surface area contributed by atoms with Crippen LogP contribution in [-0.2, 0) is 18.9 Å². The predicted octanol–water partition coefficient (Wildman–Crippen LogP) is -3.50. The molecule has 1 aromatic heterocycles. The summed E-state index contributed by atoms with van der Waals surface area (Å²) in [5.41, 5.74) is -1.19. The van der Waals surface area contributed by atoms with E-state index in [2.05, 4.69) is 6.08 Å². The molecule has 0 saturated heterocycles. The third-order valence-electron chi connectivity index (χ3n) is 2.82. The fourth-order valence-electron chi connectivity index (χ4n) is 1.69. The molecular formula is C13H12N2NaO5-. The van der Waals surface area contributed by atoms with Crippen molar-refractivity contribution < 1.29 is 44.9 Å². The van der Waals surface area contributed by atoms with Crippen molar-refractivity contribution in [2.24, 2.45) is 14.1 Å². The van der Waals surface area contributed by atoms with E-state index in [0.717, 1.165) is 9.13 Å². The number of rotatable bonds is 1. The summed E-state index contributed by atoms with van der Waals surface area (Å²) in [5, 5.41) is 9.84. The van der Waals surface area contributed by atoms with E-state index < -0.39 is 22.9 Å². The summed E-state index contributed by atoms with van der Waals surface area (Å²) in [4.78, 5) is 35.0. The Bertz CT molecular complexity index is 768. The van der Waals surface area contributed by atoms with Crippen LogP contribution in [0.3, 0.4) is 0 Å². The normalized spacial score (nSPS) is 14.8. The number of hydrogen-bond acceptors (Lipinski definition) is 5. The molecule has 0 radical (unpaired) electrons. The Morgan fingerprint density at radius 3 is 2.38 bits per heavy atom. The maximum atomic E-state index is 11.9. The summed E-state index contributed by atoms with van der Waals surface area (Å²) in [6, 6.07) is 0. The molecule has 7 nitrogen and oxygen atoms in total. The van der Waals surface area contributed by atoms with Crippen molar-refractivity contribution in [1.82, 2.24) is 9.13 Å². The predicted molar refractivity (Wildman–Crippen MR) is 70.5 cm³/mol. The fourth-order valence-corrected chi connectivity index (χ4v) is 1.69. The number of Topliss-reactive ketones (excluding diaryl/α,β-unsaturated/α-hetero) is 1. The van der Waals surface area contributed by atoms with Gasteiger partial charge in [-0.3, -0.25) is 13.9 Å². The monoisotopic (exact) mass is 299 g/mol. The number of hydrogen-bond donors (Lipinski definition) is 1. The van der Waals surface area contributed by atoms with Gasteiger partial charge in [-0.25, -0.2) is 4.79 Å². The molecule has 0 unspecified atom stereocenters. The quantitative estimate of drug-likeness (QED) is 0.328. The second-order valence-electron chi connectivity index (χ2n) is 4.04. The van der Waals surface area contributed by atoms with Gasteiger partial charge in [-0.2, -0.15) is 18.2 Å². The molecule has 1 aromatic rings. The molecule has 8 heteroatoms. The van der Waals surface area contributed by atoms with Crippen molar-refractivity contribution >= 4 is 11.9 Å². The van der Waals surface area contributed by atoms with Gasteiger partial charge in [0, 0.05) is 14.1 Å². The third-order valence-corrected chi connectivity index (χ3v) is 2.82. The maximum Gasteiger partial charge on any atom is 1.00 e. The van der Waals surface area contributed by atoms with Crippen molar-refractivity contribution in [3.8, 4) is 5.88 Å². The van der Waals surface area contributed by atoms with E-state index in [1.54, 1.807) is 6.08 Å². The van der Waals surface area contributed by atoms with Gasteiger partial charge in [-0.05, 0) is 0 Å². The zero-order valence-corrected chi connectivity index (χ0v) is 13.8. The minimum Gasteiger partial charge on any atom is -0.870 e. The Balaban J connectivity index is 0.00000200. The summed E-state index contributed by atoms with van der Waals surface area (Å²) in [6.45, 7) is 0. The van der Waals surface area contributed by atoms with Crippen LogP contribution >= 0.6 is 0 Å². The van der Waals surface area contributed by atoms with Crippen LogP contribution in [0.4, 0.5) is 0 Å². The van der Waals surface area contributed by atoms with Gasteiger partial charge in [0.2, 0.25) is 5.88 Å². The van der Waals surface area contributed by atoms with Crippen LogP contribution in [0.25, 0.3) is 6.08 Å². The van der Waals surface area contributed by atoms with Gasteiger partial charge in [-0.15, -0.1) is 6.08 Å². The molecule has 0 saturated carbocycles. The van der Waals surface area contributed by atoms with Crippen molar-refractivity contribution in [2.75, 3.05) is 0 Å². The molecule has 1 heterocycles. The molecular weight excluding hydrogens is 287 g/mol. The van der Waals surface area contributed by atoms with Crippen LogP contribution in [-0.4, -0.2) is 25.5 Å². The number of nitrogens with zero attached hydrogens (tertiary/aromatic N) is 2. The van der Waals surface area contributed by atoms with Gasteiger partial charge < -0.3 is 15.4 Å². The minimum atomic E-state index is -0.663. The molecule has 0 bridgehead atoms. The molecule has 0 atom stereocenters. The first kappa shape index (κ1) is 19.3. The molecule has 21 heavy (non-hydrogen) atoms. The number of aromatic hydroxyl groups is 1. The minimum absolute atomic E-state index is 0. The first-order chi connectivity index (χ1) is 8.93. The molecule has 1 aliphatic rings. The average molecular weight is 299 g/mol. The van der Waals surface area contributed by atoms with E-state index >= 15 is 0 Å². The van der Waals surface area contributed by atoms with Crippen LogP contribution in [0.2, 0.25) is 0 Å². The van der Waals surface area contributed by atoms with Crippen LogP contribution in [0.1, 0.15) is 5.56 Å². The van der Waals surface area contributed by atoms with Crippen molar-refractivity contribution in [2.45, 2.75) is 0 Å². The van der Waals surface area contributed by atoms with E-state index in [9.17, 15) is 19.5 Å². The van der Waals surface area contributed by atoms with E-state index in [0.29, 0.717) is 0 Å². The Labute approximate surface area is 142 Å². The van der Waals surface area contributed by atoms with Gasteiger partial charge in [0.25, 0.3) is 5.56 Å². The standard InChI is InChI=1S/C13H11N2O4.Na.H2O/c1-14-11(17)9(12(18)15(2)13(14)19)7-8-5-3-4-6-10(8)16;;/h3-5,7,17H,1-2H3;;1H2/q-1;+1;/p-1/b8-7+;;. The Morgan fingerprint density at radius 1 is 1.19 bits per heavy atom. The molecule has 2 N–H and O–H groups in total. The molecule has 0 aliphatic heterocycles. The summed E-state index contributed by atoms with van der Waals surface area (Å²) >= 11 is 0. The first-order valence-electron chi connectivity index (χ1n) is 5.45. The Kier molecular flexibility index (Phi) is 6.78. The largest absolute Gasteiger partial charge is 1.00 e. The van der Waals surface area contributed by atoms with Gasteiger partial charge in [-0.1, -0.05) is 11.6 Å². The smallest absolute Gasteiger partial charge is 0.870 e. The van der Waals surface area contributed by atoms with Gasteiger partial charge >= 0.3 is 35.2 Å². The fraction of sp³-hybridized carbons (Fsp3) is 0.154. The van der Waals surface area contributed by atoms with Gasteiger partial charge in [0.1, 0.15) is 0 Å². The SMILES string of the molecule is Cn1c(O)c(/C=C2\C=CC=[C-]C2=O)c(=O)n(C)c1=O.[Na+].[OH-]. The number of allylic oxidation sites excluding steroid dienone is 5. The Hall–Kier alpha value is -1.67. The van der Waals surface area contributed by atoms with E-state index in [-0.39, 0.29) is 46.2 Å². The van der Waals surface area contributed by atoms with Crippen molar-refractivity contribution in [3.63, 3.8) is 0 Å². The Morgan fingerprint density at radius 2 is 1.81 bits per heavy atom. The molecule has 1 aliphatic carbocycles. The van der Waals surface area contributed by atoms with Crippen molar-refractivity contribution in [3.05, 3.63) is 56.3 Å². The van der Waals surface area contributed by atoms with Crippen LogP contribution in [0.5, 0.6) is 5.88 Å². The number of carbonyl (C=O) groups excluding carboxylic acids is 1. The third kappa shape index (κ3) is 3.51. The molecule has 0 fully saturated rings. The summed E-state index contributed by atoms with van der Waals surface area (Å²) in [6.07, 6.45) is 8.25. The summed E-state index contributed by atoms with van der Waals surface area (Å²) in [5.74, 6) is -0.867. The number of aromatic nitrogens is 2. The second-order valence-corrected chi connectivity index (χ2v) is 4.04. The first-order valence-corrected chi connectivity index (χ1v) is 5.45. The van der Waals surface area contributed by atoms with E-state index in [1.165, 1.54) is 32.3 Å². The van der Waals surface area contributed by atoms with Crippen LogP contribution < -0.4 is 40.8 Å². The van der Waals surface area contributed by atoms with Gasteiger partial charge in [0.15, 0.2) is 0 Å². The molecule has 0 amide bonds. The number of carbonyl (C=O) groups is 1. The van der Waals surface area contributed by atoms with Crippen molar-refractivity contribution in [1.29, 1.82) is 0 Å². The van der Waals surface area contributed by atoms with Gasteiger partial charge in [0.05, 0.1) is 11.3 Å². The number of ketones is 1. The molecule has 106 valence electrons. The molecule has 0 spiro atoms. The molecule has 0 aromatic carbocycles. The zero-order chi connectivity index (χ0) is 14.2. The zero-order valence-electron chi connectivity index (χ0n) is 11.8. The van der Waals surface area contributed by atoms with Crippen LogP contribution in [0.15, 0.2) is 33.4 Å². The topological polar surface area (TPSA) is 111 Å². The van der Waals surface area contributed by atoms with E-state index in [1.807, 2.05) is 0 Å².